The van der Waals surface area contributed by atoms with E-state index in [1.807, 2.05) is 5.32 Å². The second-order valence-corrected chi connectivity index (χ2v) is 6.11. The summed E-state index contributed by atoms with van der Waals surface area (Å²) in [5.41, 5.74) is 0.692. The zero-order chi connectivity index (χ0) is 19.6. The van der Waals surface area contributed by atoms with Crippen LogP contribution in [0.3, 0.4) is 0 Å². The molecule has 5 nitrogen and oxygen atoms in total. The highest BCUT2D eigenvalue weighted by Crippen LogP contribution is 2.29. The maximum absolute atomic E-state index is 13.7. The summed E-state index contributed by atoms with van der Waals surface area (Å²) >= 11 is 3.32. The second kappa shape index (κ2) is 7.47. The van der Waals surface area contributed by atoms with Crippen molar-refractivity contribution in [2.75, 3.05) is 5.32 Å². The van der Waals surface area contributed by atoms with Crippen LogP contribution in [-0.2, 0) is 11.3 Å². The number of amides is 1. The Labute approximate surface area is 158 Å². The molecule has 3 rings (SSSR count). The Morgan fingerprint density at radius 1 is 1.19 bits per heavy atom. The molecule has 0 saturated carbocycles. The van der Waals surface area contributed by atoms with Crippen LogP contribution in [0.15, 0.2) is 51.6 Å². The van der Waals surface area contributed by atoms with Crippen LogP contribution in [0, 0.1) is 5.82 Å². The summed E-state index contributed by atoms with van der Waals surface area (Å²) < 4.78 is 65.1. The highest BCUT2D eigenvalue weighted by molar-refractivity contribution is 9.10. The van der Waals surface area contributed by atoms with Gasteiger partial charge in [0.2, 0.25) is 0 Å². The monoisotopic (exact) mass is 447 g/mol. The zero-order valence-electron chi connectivity index (χ0n) is 13.3. The summed E-state index contributed by atoms with van der Waals surface area (Å²) in [7, 11) is 0. The normalized spacial score (nSPS) is 11.4. The molecule has 1 N–H and O–H groups in total. The van der Waals surface area contributed by atoms with Crippen molar-refractivity contribution in [2.45, 2.75) is 13.0 Å². The minimum Gasteiger partial charge on any atom is -0.463 e. The highest BCUT2D eigenvalue weighted by Gasteiger charge is 2.31. The Bertz CT molecular complexity index is 987. The fourth-order valence-corrected chi connectivity index (χ4v) is 2.74. The van der Waals surface area contributed by atoms with Crippen molar-refractivity contribution in [3.8, 4) is 5.75 Å². The van der Waals surface area contributed by atoms with Gasteiger partial charge in [-0.1, -0.05) is 6.07 Å². The van der Waals surface area contributed by atoms with Gasteiger partial charge in [0, 0.05) is 17.0 Å². The van der Waals surface area contributed by atoms with Gasteiger partial charge < -0.3 is 13.9 Å². The molecule has 0 fully saturated rings. The van der Waals surface area contributed by atoms with E-state index in [0.717, 1.165) is 16.6 Å². The van der Waals surface area contributed by atoms with Crippen LogP contribution < -0.4 is 10.1 Å². The van der Waals surface area contributed by atoms with Gasteiger partial charge in [-0.05, 0) is 40.2 Å². The molecule has 1 aromatic heterocycles. The summed E-state index contributed by atoms with van der Waals surface area (Å²) in [6.45, 7) is -0.157. The predicted molar refractivity (Wildman–Crippen MR) is 90.8 cm³/mol. The first-order valence-corrected chi connectivity index (χ1v) is 8.16. The van der Waals surface area contributed by atoms with Gasteiger partial charge in [0.25, 0.3) is 0 Å². The van der Waals surface area contributed by atoms with Crippen LogP contribution >= 0.6 is 15.9 Å². The Morgan fingerprint density at radius 2 is 1.96 bits per heavy atom. The Morgan fingerprint density at radius 3 is 2.70 bits per heavy atom. The summed E-state index contributed by atoms with van der Waals surface area (Å²) in [6, 6.07) is 7.33. The van der Waals surface area contributed by atoms with Crippen molar-refractivity contribution in [1.29, 1.82) is 0 Å². The molecule has 0 bridgehead atoms. The first kappa shape index (κ1) is 19.0. The van der Waals surface area contributed by atoms with Crippen LogP contribution in [0.1, 0.15) is 5.56 Å². The summed E-state index contributed by atoms with van der Waals surface area (Å²) in [6.07, 6.45) is -4.51. The average Bonchev–Trinajstić information content (AvgIpc) is 3.07. The van der Waals surface area contributed by atoms with Crippen LogP contribution in [0.5, 0.6) is 5.75 Å². The maximum atomic E-state index is 13.7. The molecule has 142 valence electrons. The lowest BCUT2D eigenvalue weighted by Gasteiger charge is -2.12. The lowest BCUT2D eigenvalue weighted by Crippen LogP contribution is -2.18. The summed E-state index contributed by atoms with van der Waals surface area (Å²) in [5, 5.41) is 2.76. The Balaban J connectivity index is 1.68. The molecule has 3 aromatic rings. The number of furan rings is 1. The van der Waals surface area contributed by atoms with E-state index in [1.54, 1.807) is 18.2 Å². The number of carbonyl (C=O) groups is 1. The molecular formula is C17H10BrF4NO4. The van der Waals surface area contributed by atoms with Crippen LogP contribution in [0.25, 0.3) is 11.0 Å². The molecule has 27 heavy (non-hydrogen) atoms. The third kappa shape index (κ3) is 4.70. The van der Waals surface area contributed by atoms with Crippen molar-refractivity contribution in [3.05, 3.63) is 58.5 Å². The molecule has 0 radical (unpaired) electrons. The Hall–Kier alpha value is -2.75. The van der Waals surface area contributed by atoms with E-state index in [2.05, 4.69) is 20.7 Å². The molecular weight excluding hydrogens is 438 g/mol. The minimum atomic E-state index is -4.94. The number of alkyl halides is 3. The molecule has 0 unspecified atom stereocenters. The van der Waals surface area contributed by atoms with E-state index in [9.17, 15) is 22.4 Å². The van der Waals surface area contributed by atoms with E-state index >= 15 is 0 Å². The van der Waals surface area contributed by atoms with Gasteiger partial charge in [-0.25, -0.2) is 9.18 Å². The molecule has 10 heteroatoms. The third-order valence-corrected chi connectivity index (χ3v) is 4.05. The smallest absolute Gasteiger partial charge is 0.463 e. The summed E-state index contributed by atoms with van der Waals surface area (Å²) in [5.74, 6) is -1.62. The molecule has 0 atom stereocenters. The molecule has 0 aliphatic heterocycles. The second-order valence-electron chi connectivity index (χ2n) is 5.26. The van der Waals surface area contributed by atoms with E-state index in [-0.39, 0.29) is 6.61 Å². The number of nitrogens with one attached hydrogen (secondary N) is 1. The van der Waals surface area contributed by atoms with Gasteiger partial charge in [-0.2, -0.15) is 0 Å². The first-order chi connectivity index (χ1) is 12.7. The van der Waals surface area contributed by atoms with Crippen molar-refractivity contribution < 1.29 is 36.2 Å². The van der Waals surface area contributed by atoms with Crippen molar-refractivity contribution in [3.63, 3.8) is 0 Å². The van der Waals surface area contributed by atoms with E-state index in [0.29, 0.717) is 22.6 Å². The van der Waals surface area contributed by atoms with Gasteiger partial charge in [-0.15, -0.1) is 13.2 Å². The highest BCUT2D eigenvalue weighted by atomic mass is 79.9. The number of halogens is 5. The van der Waals surface area contributed by atoms with Gasteiger partial charge in [0.15, 0.2) is 0 Å². The quantitative estimate of drug-likeness (QED) is 0.499. The van der Waals surface area contributed by atoms with E-state index in [1.165, 1.54) is 6.26 Å². The van der Waals surface area contributed by atoms with Crippen LogP contribution in [-0.4, -0.2) is 12.5 Å². The molecule has 0 saturated heterocycles. The van der Waals surface area contributed by atoms with Crippen molar-refractivity contribution in [1.82, 2.24) is 0 Å². The van der Waals surface area contributed by atoms with Gasteiger partial charge in [0.05, 0.1) is 16.4 Å². The molecule has 1 heterocycles. The molecule has 0 aliphatic carbocycles. The number of fused-ring (bicyclic) bond motifs is 1. The lowest BCUT2D eigenvalue weighted by molar-refractivity contribution is -0.274. The lowest BCUT2D eigenvalue weighted by atomic mass is 10.1. The number of hydrogen-bond donors (Lipinski definition) is 1. The number of rotatable bonds is 4. The number of anilines is 1. The fourth-order valence-electron chi connectivity index (χ4n) is 2.30. The largest absolute Gasteiger partial charge is 0.573 e. The number of benzene rings is 2. The van der Waals surface area contributed by atoms with Crippen molar-refractivity contribution in [2.24, 2.45) is 0 Å². The fraction of sp³-hybridized carbons (Fsp3) is 0.118. The molecule has 0 aliphatic rings. The van der Waals surface area contributed by atoms with E-state index < -0.39 is 29.7 Å². The Kier molecular flexibility index (Phi) is 5.26. The molecule has 0 spiro atoms. The van der Waals surface area contributed by atoms with Crippen LogP contribution in [0.2, 0.25) is 0 Å². The summed E-state index contributed by atoms with van der Waals surface area (Å²) in [4.78, 5) is 11.9. The molecule has 2 aromatic carbocycles. The first-order valence-electron chi connectivity index (χ1n) is 7.36. The number of carbonyl (C=O) groups excluding carboxylic acids is 1. The van der Waals surface area contributed by atoms with Gasteiger partial charge in [-0.3, -0.25) is 5.32 Å². The van der Waals surface area contributed by atoms with Gasteiger partial charge >= 0.3 is 12.5 Å². The standard InChI is InChI=1S/C17H10BrF4NO4/c18-12-3-1-9(11-5-6-25-15(11)12)8-26-16(24)23-14-7-10(2-4-13(14)19)27-17(20,21)22/h1-7H,8H2,(H,23,24). The van der Waals surface area contributed by atoms with Crippen molar-refractivity contribution >= 4 is 38.7 Å². The average molecular weight is 448 g/mol. The van der Waals surface area contributed by atoms with E-state index in [4.69, 9.17) is 9.15 Å². The third-order valence-electron chi connectivity index (χ3n) is 3.43. The molecule has 1 amide bonds. The SMILES string of the molecule is O=C(Nc1cc(OC(F)(F)F)ccc1F)OCc1ccc(Br)c2occc12. The topological polar surface area (TPSA) is 60.7 Å². The number of ether oxygens (including phenoxy) is 2. The number of hydrogen-bond acceptors (Lipinski definition) is 4. The minimum absolute atomic E-state index is 0.157. The maximum Gasteiger partial charge on any atom is 0.573 e. The predicted octanol–water partition coefficient (Wildman–Crippen LogP) is 5.98. The van der Waals surface area contributed by atoms with Crippen LogP contribution in [0.4, 0.5) is 28.0 Å². The zero-order valence-corrected chi connectivity index (χ0v) is 14.9. The van der Waals surface area contributed by atoms with Gasteiger partial charge in [0.1, 0.15) is 23.8 Å².